The average Bonchev–Trinajstić information content (AvgIpc) is 3.40. The van der Waals surface area contributed by atoms with Crippen molar-refractivity contribution in [3.8, 4) is 0 Å². The lowest BCUT2D eigenvalue weighted by Crippen LogP contribution is -2.49. The van der Waals surface area contributed by atoms with Gasteiger partial charge in [0.1, 0.15) is 12.1 Å². The quantitative estimate of drug-likeness (QED) is 0.606. The number of aromatic nitrogens is 4. The zero-order chi connectivity index (χ0) is 21.8. The predicted octanol–water partition coefficient (Wildman–Crippen LogP) is 2.14. The number of anilines is 1. The van der Waals surface area contributed by atoms with Crippen LogP contribution in [-0.4, -0.2) is 58.5 Å². The number of nitrogens with zero attached hydrogens (tertiary/aromatic N) is 6. The molecule has 1 fully saturated rings. The standard InChI is InChI=1S/C19H19F3N6O2S/c20-19(21,22)13-4-6-14(7-5-13)31(29,30)27-10-8-26(9-11-27)17-15-2-1-3-16(15)25-18-23-12-24-28(17)18/h4-7,12H,1-3,8-11H2. The molecule has 0 amide bonds. The summed E-state index contributed by atoms with van der Waals surface area (Å²) in [6.45, 7) is 1.31. The van der Waals surface area contributed by atoms with Crippen molar-refractivity contribution in [3.05, 3.63) is 47.4 Å². The van der Waals surface area contributed by atoms with Crippen LogP contribution in [0.5, 0.6) is 0 Å². The van der Waals surface area contributed by atoms with E-state index in [4.69, 9.17) is 0 Å². The summed E-state index contributed by atoms with van der Waals surface area (Å²) in [5, 5.41) is 4.29. The number of halogens is 3. The third kappa shape index (κ3) is 3.43. The monoisotopic (exact) mass is 452 g/mol. The zero-order valence-corrected chi connectivity index (χ0v) is 17.2. The molecule has 1 saturated heterocycles. The van der Waals surface area contributed by atoms with Crippen molar-refractivity contribution in [2.45, 2.75) is 30.3 Å². The van der Waals surface area contributed by atoms with Crippen LogP contribution in [0.4, 0.5) is 19.0 Å². The molecule has 0 spiro atoms. The first-order valence-corrected chi connectivity index (χ1v) is 11.3. The lowest BCUT2D eigenvalue weighted by molar-refractivity contribution is -0.137. The van der Waals surface area contributed by atoms with E-state index in [1.54, 1.807) is 4.52 Å². The van der Waals surface area contributed by atoms with Gasteiger partial charge in [0.25, 0.3) is 5.78 Å². The van der Waals surface area contributed by atoms with Gasteiger partial charge < -0.3 is 4.90 Å². The summed E-state index contributed by atoms with van der Waals surface area (Å²) in [6.07, 6.45) is -0.284. The highest BCUT2D eigenvalue weighted by Gasteiger charge is 2.34. The van der Waals surface area contributed by atoms with Gasteiger partial charge in [-0.1, -0.05) is 0 Å². The Balaban J connectivity index is 1.38. The van der Waals surface area contributed by atoms with Crippen LogP contribution in [0.25, 0.3) is 5.78 Å². The minimum absolute atomic E-state index is 0.141. The molecule has 164 valence electrons. The van der Waals surface area contributed by atoms with Crippen LogP contribution >= 0.6 is 0 Å². The molecule has 5 rings (SSSR count). The van der Waals surface area contributed by atoms with Crippen molar-refractivity contribution in [2.75, 3.05) is 31.1 Å². The normalized spacial score (nSPS) is 18.0. The van der Waals surface area contributed by atoms with Gasteiger partial charge in [-0.15, -0.1) is 0 Å². The summed E-state index contributed by atoms with van der Waals surface area (Å²) in [6, 6.07) is 3.62. The SMILES string of the molecule is O=S(=O)(c1ccc(C(F)(F)F)cc1)N1CCN(c2c3c(nc4ncnn24)CCC3)CC1. The molecular formula is C19H19F3N6O2S. The third-order valence-electron chi connectivity index (χ3n) is 5.78. The highest BCUT2D eigenvalue weighted by Crippen LogP contribution is 2.32. The summed E-state index contributed by atoms with van der Waals surface area (Å²) in [4.78, 5) is 10.7. The Morgan fingerprint density at radius 3 is 2.35 bits per heavy atom. The molecule has 0 atom stereocenters. The van der Waals surface area contributed by atoms with E-state index in [0.29, 0.717) is 18.9 Å². The molecule has 31 heavy (non-hydrogen) atoms. The number of aryl methyl sites for hydroxylation is 1. The molecule has 0 radical (unpaired) electrons. The van der Waals surface area contributed by atoms with Crippen LogP contribution in [0.2, 0.25) is 0 Å². The zero-order valence-electron chi connectivity index (χ0n) is 16.4. The fraction of sp³-hybridized carbons (Fsp3) is 0.421. The summed E-state index contributed by atoms with van der Waals surface area (Å²) in [5.41, 5.74) is 1.26. The minimum atomic E-state index is -4.51. The number of rotatable bonds is 3. The van der Waals surface area contributed by atoms with E-state index < -0.39 is 21.8 Å². The number of hydrogen-bond donors (Lipinski definition) is 0. The molecule has 3 heterocycles. The van der Waals surface area contributed by atoms with Gasteiger partial charge in [0.2, 0.25) is 10.0 Å². The van der Waals surface area contributed by atoms with E-state index in [0.717, 1.165) is 60.6 Å². The van der Waals surface area contributed by atoms with Crippen LogP contribution in [0.1, 0.15) is 23.2 Å². The van der Waals surface area contributed by atoms with Gasteiger partial charge in [-0.3, -0.25) is 0 Å². The summed E-state index contributed by atoms with van der Waals surface area (Å²) < 4.78 is 67.2. The van der Waals surface area contributed by atoms with Gasteiger partial charge in [0.05, 0.1) is 16.2 Å². The number of sulfonamides is 1. The molecule has 0 N–H and O–H groups in total. The topological polar surface area (TPSA) is 83.7 Å². The molecule has 1 aromatic carbocycles. The van der Waals surface area contributed by atoms with Gasteiger partial charge >= 0.3 is 6.18 Å². The lowest BCUT2D eigenvalue weighted by atomic mass is 10.2. The molecule has 2 aromatic heterocycles. The van der Waals surface area contributed by atoms with Gasteiger partial charge in [0.15, 0.2) is 0 Å². The smallest absolute Gasteiger partial charge is 0.354 e. The fourth-order valence-corrected chi connectivity index (χ4v) is 5.65. The number of piperazine rings is 1. The first kappa shape index (κ1) is 20.2. The summed E-state index contributed by atoms with van der Waals surface area (Å²) in [7, 11) is -3.88. The van der Waals surface area contributed by atoms with Crippen molar-refractivity contribution in [1.82, 2.24) is 23.9 Å². The Morgan fingerprint density at radius 2 is 1.68 bits per heavy atom. The van der Waals surface area contributed by atoms with E-state index in [-0.39, 0.29) is 18.0 Å². The molecule has 2 aliphatic rings. The Labute approximate surface area is 176 Å². The molecule has 1 aliphatic heterocycles. The largest absolute Gasteiger partial charge is 0.416 e. The maximum atomic E-state index is 12.9. The molecular weight excluding hydrogens is 433 g/mol. The third-order valence-corrected chi connectivity index (χ3v) is 7.69. The number of benzene rings is 1. The summed E-state index contributed by atoms with van der Waals surface area (Å²) in [5.74, 6) is 1.43. The van der Waals surface area contributed by atoms with Crippen LogP contribution in [0, 0.1) is 0 Å². The van der Waals surface area contributed by atoms with E-state index in [2.05, 4.69) is 20.0 Å². The first-order chi connectivity index (χ1) is 14.7. The van der Waals surface area contributed by atoms with Crippen molar-refractivity contribution in [2.24, 2.45) is 0 Å². The van der Waals surface area contributed by atoms with Crippen molar-refractivity contribution < 1.29 is 21.6 Å². The van der Waals surface area contributed by atoms with E-state index in [1.807, 2.05) is 0 Å². The number of hydrogen-bond acceptors (Lipinski definition) is 6. The molecule has 12 heteroatoms. The van der Waals surface area contributed by atoms with E-state index in [1.165, 1.54) is 10.6 Å². The Bertz CT molecular complexity index is 1230. The minimum Gasteiger partial charge on any atom is -0.354 e. The van der Waals surface area contributed by atoms with Gasteiger partial charge in [-0.2, -0.15) is 32.1 Å². The molecule has 3 aromatic rings. The Hall–Kier alpha value is -2.73. The number of alkyl halides is 3. The van der Waals surface area contributed by atoms with Crippen LogP contribution in [-0.2, 0) is 29.0 Å². The van der Waals surface area contributed by atoms with Crippen LogP contribution < -0.4 is 4.90 Å². The second-order valence-electron chi connectivity index (χ2n) is 7.60. The van der Waals surface area contributed by atoms with Crippen molar-refractivity contribution in [3.63, 3.8) is 0 Å². The van der Waals surface area contributed by atoms with E-state index >= 15 is 0 Å². The molecule has 1 aliphatic carbocycles. The second-order valence-corrected chi connectivity index (χ2v) is 9.54. The van der Waals surface area contributed by atoms with E-state index in [9.17, 15) is 21.6 Å². The maximum absolute atomic E-state index is 12.9. The molecule has 0 saturated carbocycles. The molecule has 0 bridgehead atoms. The Morgan fingerprint density at radius 1 is 0.968 bits per heavy atom. The number of fused-ring (bicyclic) bond motifs is 2. The fourth-order valence-electron chi connectivity index (χ4n) is 4.23. The molecule has 8 nitrogen and oxygen atoms in total. The lowest BCUT2D eigenvalue weighted by Gasteiger charge is -2.36. The van der Waals surface area contributed by atoms with Crippen LogP contribution in [0.15, 0.2) is 35.5 Å². The predicted molar refractivity (Wildman–Crippen MR) is 105 cm³/mol. The molecule has 0 unspecified atom stereocenters. The maximum Gasteiger partial charge on any atom is 0.416 e. The van der Waals surface area contributed by atoms with Crippen molar-refractivity contribution >= 4 is 21.6 Å². The highest BCUT2D eigenvalue weighted by atomic mass is 32.2. The van der Waals surface area contributed by atoms with Crippen molar-refractivity contribution in [1.29, 1.82) is 0 Å². The van der Waals surface area contributed by atoms with Gasteiger partial charge in [-0.05, 0) is 43.5 Å². The van der Waals surface area contributed by atoms with Gasteiger partial charge in [-0.25, -0.2) is 13.4 Å². The Kier molecular flexibility index (Phi) is 4.66. The second kappa shape index (κ2) is 7.16. The van der Waals surface area contributed by atoms with Gasteiger partial charge in [0, 0.05) is 31.7 Å². The average molecular weight is 452 g/mol. The van der Waals surface area contributed by atoms with Crippen LogP contribution in [0.3, 0.4) is 0 Å². The first-order valence-electron chi connectivity index (χ1n) is 9.89. The summed E-state index contributed by atoms with van der Waals surface area (Å²) >= 11 is 0. The highest BCUT2D eigenvalue weighted by molar-refractivity contribution is 7.89.